The Kier molecular flexibility index (Phi) is 4.29. The highest BCUT2D eigenvalue weighted by Gasteiger charge is 2.45. The SMILES string of the molecule is Clc1ccc(C2(c3nnc(SCc4ccccn4)o3)CCC2)cc1. The molecular weight excluding hydrogens is 342 g/mol. The molecule has 0 N–H and O–H groups in total. The highest BCUT2D eigenvalue weighted by Crippen LogP contribution is 2.48. The van der Waals surface area contributed by atoms with Crippen LogP contribution in [0.3, 0.4) is 0 Å². The van der Waals surface area contributed by atoms with Gasteiger partial charge in [-0.1, -0.05) is 48.0 Å². The molecule has 3 aromatic rings. The molecule has 2 aromatic heterocycles. The maximum Gasteiger partial charge on any atom is 0.276 e. The standard InChI is InChI=1S/C18H16ClN3OS/c19-14-7-5-13(6-8-14)18(9-3-10-18)16-21-22-17(23-16)24-12-15-4-1-2-11-20-15/h1-2,4-8,11H,3,9-10,12H2. The van der Waals surface area contributed by atoms with E-state index in [9.17, 15) is 0 Å². The third-order valence-electron chi connectivity index (χ3n) is 4.49. The van der Waals surface area contributed by atoms with Crippen LogP contribution >= 0.6 is 23.4 Å². The van der Waals surface area contributed by atoms with Crippen LogP contribution in [0.25, 0.3) is 0 Å². The van der Waals surface area contributed by atoms with Crippen molar-refractivity contribution in [2.75, 3.05) is 0 Å². The molecule has 1 aromatic carbocycles. The van der Waals surface area contributed by atoms with Gasteiger partial charge in [0.1, 0.15) is 0 Å². The van der Waals surface area contributed by atoms with E-state index in [0.717, 1.165) is 29.3 Å². The van der Waals surface area contributed by atoms with Crippen molar-refractivity contribution in [1.82, 2.24) is 15.2 Å². The van der Waals surface area contributed by atoms with Crippen molar-refractivity contribution < 1.29 is 4.42 Å². The molecule has 24 heavy (non-hydrogen) atoms. The van der Waals surface area contributed by atoms with Crippen LogP contribution in [0, 0.1) is 0 Å². The molecule has 4 nitrogen and oxygen atoms in total. The smallest absolute Gasteiger partial charge is 0.276 e. The molecule has 122 valence electrons. The van der Waals surface area contributed by atoms with Crippen LogP contribution < -0.4 is 0 Å². The number of aromatic nitrogens is 3. The predicted octanol–water partition coefficient (Wildman–Crippen LogP) is 4.88. The van der Waals surface area contributed by atoms with Gasteiger partial charge in [0, 0.05) is 17.0 Å². The minimum Gasteiger partial charge on any atom is -0.415 e. The molecule has 0 radical (unpaired) electrons. The van der Waals surface area contributed by atoms with Crippen LogP contribution in [0.5, 0.6) is 0 Å². The monoisotopic (exact) mass is 357 g/mol. The van der Waals surface area contributed by atoms with E-state index in [2.05, 4.69) is 27.3 Å². The molecular formula is C18H16ClN3OS. The maximum absolute atomic E-state index is 6.01. The number of pyridine rings is 1. The van der Waals surface area contributed by atoms with E-state index in [1.165, 1.54) is 23.7 Å². The number of hydrogen-bond donors (Lipinski definition) is 0. The van der Waals surface area contributed by atoms with E-state index in [-0.39, 0.29) is 5.41 Å². The summed E-state index contributed by atoms with van der Waals surface area (Å²) >= 11 is 7.53. The molecule has 0 atom stereocenters. The van der Waals surface area contributed by atoms with Gasteiger partial charge in [0.15, 0.2) is 0 Å². The topological polar surface area (TPSA) is 51.8 Å². The number of benzene rings is 1. The second-order valence-corrected chi connectivity index (χ2v) is 7.29. The summed E-state index contributed by atoms with van der Waals surface area (Å²) in [5, 5.41) is 9.88. The van der Waals surface area contributed by atoms with Gasteiger partial charge in [-0.25, -0.2) is 0 Å². The maximum atomic E-state index is 6.01. The number of halogens is 1. The Morgan fingerprint density at radius 3 is 2.58 bits per heavy atom. The molecule has 1 saturated carbocycles. The van der Waals surface area contributed by atoms with Crippen molar-refractivity contribution in [2.45, 2.75) is 35.7 Å². The second kappa shape index (κ2) is 6.57. The first-order valence-electron chi connectivity index (χ1n) is 7.89. The average Bonchev–Trinajstić information content (AvgIpc) is 3.04. The summed E-state index contributed by atoms with van der Waals surface area (Å²) in [7, 11) is 0. The van der Waals surface area contributed by atoms with Crippen LogP contribution in [0.2, 0.25) is 5.02 Å². The number of hydrogen-bond acceptors (Lipinski definition) is 5. The van der Waals surface area contributed by atoms with Crippen molar-refractivity contribution >= 4 is 23.4 Å². The van der Waals surface area contributed by atoms with Gasteiger partial charge in [0.25, 0.3) is 5.22 Å². The van der Waals surface area contributed by atoms with Gasteiger partial charge in [-0.3, -0.25) is 4.98 Å². The zero-order valence-electron chi connectivity index (χ0n) is 13.0. The molecule has 0 spiro atoms. The Morgan fingerprint density at radius 1 is 1.08 bits per heavy atom. The first-order chi connectivity index (χ1) is 11.8. The Hall–Kier alpha value is -1.85. The van der Waals surface area contributed by atoms with Crippen LogP contribution in [0.4, 0.5) is 0 Å². The van der Waals surface area contributed by atoms with Gasteiger partial charge in [0.2, 0.25) is 5.89 Å². The van der Waals surface area contributed by atoms with Crippen molar-refractivity contribution in [2.24, 2.45) is 0 Å². The highest BCUT2D eigenvalue weighted by molar-refractivity contribution is 7.98. The summed E-state index contributed by atoms with van der Waals surface area (Å²) in [5.41, 5.74) is 2.04. The van der Waals surface area contributed by atoms with Gasteiger partial charge >= 0.3 is 0 Å². The molecule has 6 heteroatoms. The molecule has 0 bridgehead atoms. The van der Waals surface area contributed by atoms with Crippen LogP contribution in [-0.4, -0.2) is 15.2 Å². The van der Waals surface area contributed by atoms with E-state index < -0.39 is 0 Å². The highest BCUT2D eigenvalue weighted by atomic mass is 35.5. The Morgan fingerprint density at radius 2 is 1.92 bits per heavy atom. The fourth-order valence-electron chi connectivity index (χ4n) is 3.01. The predicted molar refractivity (Wildman–Crippen MR) is 94.2 cm³/mol. The lowest BCUT2D eigenvalue weighted by atomic mass is 9.64. The summed E-state index contributed by atoms with van der Waals surface area (Å²) in [5.74, 6) is 1.43. The molecule has 4 rings (SSSR count). The van der Waals surface area contributed by atoms with Crippen molar-refractivity contribution in [3.05, 3.63) is 70.8 Å². The quantitative estimate of drug-likeness (QED) is 0.609. The number of nitrogens with zero attached hydrogens (tertiary/aromatic N) is 3. The third kappa shape index (κ3) is 2.94. The van der Waals surface area contributed by atoms with E-state index in [1.807, 2.05) is 30.3 Å². The zero-order chi connectivity index (χ0) is 16.4. The first kappa shape index (κ1) is 15.7. The van der Waals surface area contributed by atoms with Gasteiger partial charge in [-0.2, -0.15) is 0 Å². The molecule has 1 fully saturated rings. The van der Waals surface area contributed by atoms with Gasteiger partial charge < -0.3 is 4.42 Å². The van der Waals surface area contributed by atoms with Gasteiger partial charge in [-0.05, 0) is 42.7 Å². The lowest BCUT2D eigenvalue weighted by Gasteiger charge is -2.39. The number of rotatable bonds is 5. The lowest BCUT2D eigenvalue weighted by molar-refractivity contribution is 0.226. The summed E-state index contributed by atoms with van der Waals surface area (Å²) in [6, 6.07) is 13.8. The molecule has 0 aliphatic heterocycles. The van der Waals surface area contributed by atoms with Crippen LogP contribution in [0.1, 0.15) is 36.4 Å². The molecule has 1 aliphatic rings. The molecule has 0 saturated heterocycles. The van der Waals surface area contributed by atoms with Crippen LogP contribution in [0.15, 0.2) is 58.3 Å². The summed E-state index contributed by atoms with van der Waals surface area (Å²) in [4.78, 5) is 4.31. The minimum atomic E-state index is -0.151. The summed E-state index contributed by atoms with van der Waals surface area (Å²) < 4.78 is 5.98. The molecule has 0 amide bonds. The Bertz CT molecular complexity index is 816. The van der Waals surface area contributed by atoms with Crippen molar-refractivity contribution in [3.8, 4) is 0 Å². The second-order valence-electron chi connectivity index (χ2n) is 5.93. The fourth-order valence-corrected chi connectivity index (χ4v) is 3.81. The Labute approximate surface area is 149 Å². The van der Waals surface area contributed by atoms with Gasteiger partial charge in [-0.15, -0.1) is 10.2 Å². The lowest BCUT2D eigenvalue weighted by Crippen LogP contribution is -2.35. The number of thioether (sulfide) groups is 1. The molecule has 1 aliphatic carbocycles. The largest absolute Gasteiger partial charge is 0.415 e. The third-order valence-corrected chi connectivity index (χ3v) is 5.59. The summed E-state index contributed by atoms with van der Waals surface area (Å²) in [6.45, 7) is 0. The minimum absolute atomic E-state index is 0.151. The summed E-state index contributed by atoms with van der Waals surface area (Å²) in [6.07, 6.45) is 5.02. The average molecular weight is 358 g/mol. The Balaban J connectivity index is 1.53. The molecule has 2 heterocycles. The van der Waals surface area contributed by atoms with Crippen LogP contribution in [-0.2, 0) is 11.2 Å². The first-order valence-corrected chi connectivity index (χ1v) is 9.25. The van der Waals surface area contributed by atoms with Crippen molar-refractivity contribution in [3.63, 3.8) is 0 Å². The zero-order valence-corrected chi connectivity index (χ0v) is 14.6. The van der Waals surface area contributed by atoms with E-state index >= 15 is 0 Å². The molecule has 0 unspecified atom stereocenters. The normalized spacial score (nSPS) is 15.9. The van der Waals surface area contributed by atoms with Gasteiger partial charge in [0.05, 0.1) is 11.1 Å². The van der Waals surface area contributed by atoms with E-state index in [0.29, 0.717) is 11.1 Å². The fraction of sp³-hybridized carbons (Fsp3) is 0.278. The van der Waals surface area contributed by atoms with Crippen molar-refractivity contribution in [1.29, 1.82) is 0 Å². The van der Waals surface area contributed by atoms with E-state index in [4.69, 9.17) is 16.0 Å². The van der Waals surface area contributed by atoms with E-state index in [1.54, 1.807) is 6.20 Å².